The minimum absolute atomic E-state index is 0.101. The predicted octanol–water partition coefficient (Wildman–Crippen LogP) is 0.451. The van der Waals surface area contributed by atoms with Gasteiger partial charge in [0.05, 0.1) is 16.9 Å². The number of hydrogen-bond donors (Lipinski definition) is 2. The molecule has 0 spiro atoms. The highest BCUT2D eigenvalue weighted by atomic mass is 32.2. The Morgan fingerprint density at radius 3 is 2.40 bits per heavy atom. The van der Waals surface area contributed by atoms with E-state index in [1.807, 2.05) is 6.92 Å². The standard InChI is InChI=1S/C13H17NO5S/c1-9-2-4-10(5-3-9)20(18,19)14-7-6-11(13(16)17)12(15)8-14/h2-5,11-12,15H,6-8H2,1H3,(H,16,17)/t11-,12+/m0/s1. The number of β-amino-alcohol motifs (C(OH)–C–C–N with tert-alkyl or cyclic N) is 1. The maximum Gasteiger partial charge on any atom is 0.309 e. The van der Waals surface area contributed by atoms with Crippen molar-refractivity contribution in [2.75, 3.05) is 13.1 Å². The Balaban J connectivity index is 2.20. The van der Waals surface area contributed by atoms with Crippen molar-refractivity contribution in [3.05, 3.63) is 29.8 Å². The number of benzene rings is 1. The van der Waals surface area contributed by atoms with Crippen LogP contribution in [0, 0.1) is 12.8 Å². The maximum absolute atomic E-state index is 12.4. The Morgan fingerprint density at radius 1 is 1.30 bits per heavy atom. The van der Waals surface area contributed by atoms with E-state index < -0.39 is 28.0 Å². The number of piperidine rings is 1. The number of rotatable bonds is 3. The van der Waals surface area contributed by atoms with Crippen LogP contribution in [0.2, 0.25) is 0 Å². The van der Waals surface area contributed by atoms with Crippen molar-refractivity contribution in [3.8, 4) is 0 Å². The monoisotopic (exact) mass is 299 g/mol. The van der Waals surface area contributed by atoms with E-state index in [0.717, 1.165) is 9.87 Å². The van der Waals surface area contributed by atoms with Crippen LogP contribution in [0.25, 0.3) is 0 Å². The summed E-state index contributed by atoms with van der Waals surface area (Å²) >= 11 is 0. The first kappa shape index (κ1) is 15.0. The molecule has 1 aromatic carbocycles. The Kier molecular flexibility index (Phi) is 4.12. The smallest absolute Gasteiger partial charge is 0.309 e. The predicted molar refractivity (Wildman–Crippen MR) is 71.7 cm³/mol. The highest BCUT2D eigenvalue weighted by Crippen LogP contribution is 2.24. The molecule has 0 radical (unpaired) electrons. The molecule has 1 fully saturated rings. The van der Waals surface area contributed by atoms with Crippen molar-refractivity contribution < 1.29 is 23.4 Å². The van der Waals surface area contributed by atoms with Gasteiger partial charge in [-0.05, 0) is 25.5 Å². The van der Waals surface area contributed by atoms with Crippen LogP contribution >= 0.6 is 0 Å². The first-order valence-corrected chi connectivity index (χ1v) is 7.74. The fraction of sp³-hybridized carbons (Fsp3) is 0.462. The van der Waals surface area contributed by atoms with Gasteiger partial charge in [0, 0.05) is 13.1 Å². The van der Waals surface area contributed by atoms with Crippen LogP contribution in [0.5, 0.6) is 0 Å². The largest absolute Gasteiger partial charge is 0.481 e. The van der Waals surface area contributed by atoms with Gasteiger partial charge < -0.3 is 10.2 Å². The lowest BCUT2D eigenvalue weighted by Gasteiger charge is -2.33. The normalized spacial score (nSPS) is 24.5. The topological polar surface area (TPSA) is 94.9 Å². The van der Waals surface area contributed by atoms with E-state index in [2.05, 4.69) is 0 Å². The summed E-state index contributed by atoms with van der Waals surface area (Å²) in [7, 11) is -3.68. The Labute approximate surface area is 117 Å². The molecule has 0 saturated carbocycles. The minimum atomic E-state index is -3.68. The molecular weight excluding hydrogens is 282 g/mol. The molecule has 2 atom stereocenters. The third kappa shape index (κ3) is 2.84. The van der Waals surface area contributed by atoms with Gasteiger partial charge in [0.25, 0.3) is 0 Å². The molecule has 1 saturated heterocycles. The summed E-state index contributed by atoms with van der Waals surface area (Å²) in [6.45, 7) is 1.77. The summed E-state index contributed by atoms with van der Waals surface area (Å²) in [5, 5.41) is 18.7. The second kappa shape index (κ2) is 5.51. The molecule has 1 aromatic rings. The summed E-state index contributed by atoms with van der Waals surface area (Å²) in [6, 6.07) is 6.43. The molecule has 2 N–H and O–H groups in total. The third-order valence-corrected chi connectivity index (χ3v) is 5.40. The number of carboxylic acids is 1. The molecule has 0 amide bonds. The van der Waals surface area contributed by atoms with Gasteiger partial charge in [-0.3, -0.25) is 4.79 Å². The molecule has 110 valence electrons. The zero-order chi connectivity index (χ0) is 14.9. The number of carbonyl (C=O) groups is 1. The quantitative estimate of drug-likeness (QED) is 0.845. The van der Waals surface area contributed by atoms with E-state index in [1.54, 1.807) is 12.1 Å². The zero-order valence-corrected chi connectivity index (χ0v) is 11.9. The number of aliphatic hydroxyl groups is 1. The zero-order valence-electron chi connectivity index (χ0n) is 11.1. The number of aryl methyl sites for hydroxylation is 1. The third-order valence-electron chi connectivity index (χ3n) is 3.52. The molecule has 2 rings (SSSR count). The molecule has 1 heterocycles. The lowest BCUT2D eigenvalue weighted by Crippen LogP contribution is -2.48. The maximum atomic E-state index is 12.4. The van der Waals surface area contributed by atoms with E-state index in [1.165, 1.54) is 12.1 Å². The molecule has 7 heteroatoms. The lowest BCUT2D eigenvalue weighted by atomic mass is 9.95. The Bertz CT molecular complexity index is 596. The van der Waals surface area contributed by atoms with E-state index in [9.17, 15) is 18.3 Å². The van der Waals surface area contributed by atoms with Crippen LogP contribution in [-0.4, -0.2) is 48.1 Å². The molecule has 1 aliphatic rings. The molecular formula is C13H17NO5S. The van der Waals surface area contributed by atoms with Crippen molar-refractivity contribution >= 4 is 16.0 Å². The molecule has 0 bridgehead atoms. The average molecular weight is 299 g/mol. The van der Waals surface area contributed by atoms with E-state index >= 15 is 0 Å². The molecule has 1 aliphatic heterocycles. The second-order valence-corrected chi connectivity index (χ2v) is 6.91. The van der Waals surface area contributed by atoms with Crippen molar-refractivity contribution in [2.24, 2.45) is 5.92 Å². The van der Waals surface area contributed by atoms with Crippen LogP contribution in [0.1, 0.15) is 12.0 Å². The van der Waals surface area contributed by atoms with Crippen LogP contribution in [-0.2, 0) is 14.8 Å². The van der Waals surface area contributed by atoms with Crippen LogP contribution in [0.3, 0.4) is 0 Å². The molecule has 6 nitrogen and oxygen atoms in total. The summed E-state index contributed by atoms with van der Waals surface area (Å²) in [4.78, 5) is 11.1. The summed E-state index contributed by atoms with van der Waals surface area (Å²) in [5.41, 5.74) is 0.952. The SMILES string of the molecule is Cc1ccc(S(=O)(=O)N2CC[C@H](C(=O)O)[C@H](O)C2)cc1. The van der Waals surface area contributed by atoms with Crippen molar-refractivity contribution in [2.45, 2.75) is 24.3 Å². The van der Waals surface area contributed by atoms with Gasteiger partial charge in [0.1, 0.15) is 0 Å². The highest BCUT2D eigenvalue weighted by molar-refractivity contribution is 7.89. The molecule has 0 aromatic heterocycles. The fourth-order valence-corrected chi connectivity index (χ4v) is 3.74. The number of aliphatic carboxylic acids is 1. The molecule has 0 unspecified atom stereocenters. The molecule has 0 aliphatic carbocycles. The number of aliphatic hydroxyl groups excluding tert-OH is 1. The lowest BCUT2D eigenvalue weighted by molar-refractivity contribution is -0.147. The highest BCUT2D eigenvalue weighted by Gasteiger charge is 2.37. The van der Waals surface area contributed by atoms with E-state index in [-0.39, 0.29) is 24.4 Å². The van der Waals surface area contributed by atoms with Gasteiger partial charge in [-0.1, -0.05) is 17.7 Å². The summed E-state index contributed by atoms with van der Waals surface area (Å²) in [5.74, 6) is -2.00. The van der Waals surface area contributed by atoms with Gasteiger partial charge >= 0.3 is 5.97 Å². The second-order valence-electron chi connectivity index (χ2n) is 4.98. The van der Waals surface area contributed by atoms with Crippen LogP contribution in [0.4, 0.5) is 0 Å². The first-order valence-electron chi connectivity index (χ1n) is 6.30. The Morgan fingerprint density at radius 2 is 1.90 bits per heavy atom. The number of hydrogen-bond acceptors (Lipinski definition) is 4. The Hall–Kier alpha value is -1.44. The number of carboxylic acid groups (broad SMARTS) is 1. The minimum Gasteiger partial charge on any atom is -0.481 e. The summed E-state index contributed by atoms with van der Waals surface area (Å²) in [6.07, 6.45) is -1.07. The summed E-state index contributed by atoms with van der Waals surface area (Å²) < 4.78 is 25.9. The van der Waals surface area contributed by atoms with Crippen molar-refractivity contribution in [3.63, 3.8) is 0 Å². The van der Waals surface area contributed by atoms with Crippen molar-refractivity contribution in [1.29, 1.82) is 0 Å². The first-order chi connectivity index (χ1) is 9.32. The van der Waals surface area contributed by atoms with Gasteiger partial charge in [-0.15, -0.1) is 0 Å². The van der Waals surface area contributed by atoms with Gasteiger partial charge in [-0.25, -0.2) is 8.42 Å². The molecule has 20 heavy (non-hydrogen) atoms. The van der Waals surface area contributed by atoms with Gasteiger partial charge in [0.15, 0.2) is 0 Å². The van der Waals surface area contributed by atoms with Crippen LogP contribution in [0.15, 0.2) is 29.2 Å². The number of nitrogens with zero attached hydrogens (tertiary/aromatic N) is 1. The van der Waals surface area contributed by atoms with E-state index in [4.69, 9.17) is 5.11 Å². The van der Waals surface area contributed by atoms with Gasteiger partial charge in [0.2, 0.25) is 10.0 Å². The van der Waals surface area contributed by atoms with Crippen LogP contribution < -0.4 is 0 Å². The fourth-order valence-electron chi connectivity index (χ4n) is 2.27. The number of sulfonamides is 1. The van der Waals surface area contributed by atoms with Crippen molar-refractivity contribution in [1.82, 2.24) is 4.31 Å². The average Bonchev–Trinajstić information content (AvgIpc) is 2.38. The van der Waals surface area contributed by atoms with E-state index in [0.29, 0.717) is 0 Å². The van der Waals surface area contributed by atoms with Gasteiger partial charge in [-0.2, -0.15) is 4.31 Å².